The van der Waals surface area contributed by atoms with Gasteiger partial charge in [0.2, 0.25) is 5.78 Å². The molecule has 2 aromatic carbocycles. The molecule has 3 rings (SSSR count). The maximum absolute atomic E-state index is 13.7. The summed E-state index contributed by atoms with van der Waals surface area (Å²) >= 11 is 0. The number of nitrogens with one attached hydrogen (secondary N) is 1. The van der Waals surface area contributed by atoms with Crippen molar-refractivity contribution in [1.29, 1.82) is 0 Å². The van der Waals surface area contributed by atoms with Crippen LogP contribution >= 0.6 is 0 Å². The summed E-state index contributed by atoms with van der Waals surface area (Å²) in [5.74, 6) is -1.35. The molecule has 1 atom stereocenters. The Balaban J connectivity index is 1.67. The van der Waals surface area contributed by atoms with E-state index in [2.05, 4.69) is 4.98 Å². The molecule has 0 saturated heterocycles. The third-order valence-corrected chi connectivity index (χ3v) is 4.10. The summed E-state index contributed by atoms with van der Waals surface area (Å²) in [6.45, 7) is 1.52. The second-order valence-electron chi connectivity index (χ2n) is 5.89. The van der Waals surface area contributed by atoms with E-state index >= 15 is 0 Å². The molecule has 0 radical (unpaired) electrons. The number of carbonyl (C=O) groups is 2. The zero-order valence-corrected chi connectivity index (χ0v) is 14.4. The van der Waals surface area contributed by atoms with Crippen molar-refractivity contribution in [3.05, 3.63) is 65.6 Å². The third-order valence-electron chi connectivity index (χ3n) is 4.10. The molecule has 0 aliphatic rings. The van der Waals surface area contributed by atoms with Crippen LogP contribution in [0.4, 0.5) is 4.39 Å². The van der Waals surface area contributed by atoms with E-state index in [4.69, 9.17) is 9.47 Å². The Hall–Kier alpha value is -3.15. The molecule has 1 heterocycles. The van der Waals surface area contributed by atoms with Gasteiger partial charge in [-0.3, -0.25) is 9.59 Å². The van der Waals surface area contributed by atoms with Crippen molar-refractivity contribution in [1.82, 2.24) is 4.98 Å². The molecule has 26 heavy (non-hydrogen) atoms. The van der Waals surface area contributed by atoms with Gasteiger partial charge in [0.15, 0.2) is 17.7 Å². The average Bonchev–Trinajstić information content (AvgIpc) is 3.05. The number of esters is 1. The van der Waals surface area contributed by atoms with Gasteiger partial charge in [-0.15, -0.1) is 0 Å². The van der Waals surface area contributed by atoms with E-state index in [-0.39, 0.29) is 18.0 Å². The van der Waals surface area contributed by atoms with Crippen LogP contribution in [0.2, 0.25) is 0 Å². The van der Waals surface area contributed by atoms with Crippen molar-refractivity contribution in [3.63, 3.8) is 0 Å². The van der Waals surface area contributed by atoms with Crippen LogP contribution in [0.3, 0.4) is 0 Å². The van der Waals surface area contributed by atoms with Crippen molar-refractivity contribution in [2.24, 2.45) is 0 Å². The number of methoxy groups -OCH3 is 1. The number of fused-ring (bicyclic) bond motifs is 1. The van der Waals surface area contributed by atoms with Crippen molar-refractivity contribution in [2.45, 2.75) is 19.4 Å². The van der Waals surface area contributed by atoms with E-state index in [0.29, 0.717) is 11.1 Å². The summed E-state index contributed by atoms with van der Waals surface area (Å²) in [7, 11) is 1.37. The summed E-state index contributed by atoms with van der Waals surface area (Å²) < 4.78 is 23.8. The molecule has 0 fully saturated rings. The Morgan fingerprint density at radius 1 is 1.19 bits per heavy atom. The number of ether oxygens (including phenoxy) is 2. The van der Waals surface area contributed by atoms with Crippen LogP contribution in [0.5, 0.6) is 5.75 Å². The molecule has 3 aromatic rings. The summed E-state index contributed by atoms with van der Waals surface area (Å²) in [5, 5.41) is 0.776. The van der Waals surface area contributed by atoms with Gasteiger partial charge < -0.3 is 14.5 Å². The minimum atomic E-state index is -0.940. The normalized spacial score (nSPS) is 12.0. The van der Waals surface area contributed by atoms with Gasteiger partial charge in [-0.1, -0.05) is 24.3 Å². The van der Waals surface area contributed by atoms with Crippen LogP contribution in [-0.2, 0) is 16.0 Å². The minimum Gasteiger partial charge on any atom is -0.494 e. The van der Waals surface area contributed by atoms with Crippen LogP contribution < -0.4 is 4.74 Å². The van der Waals surface area contributed by atoms with Crippen molar-refractivity contribution >= 4 is 22.7 Å². The lowest BCUT2D eigenvalue weighted by atomic mass is 10.1. The standard InChI is InChI=1S/C20H18FNO4/c1-12(20(24)15-11-22-17-6-4-3-5-14(15)17)26-19(23)10-13-7-8-18(25-2)16(21)9-13/h3-9,11-12,22H,10H2,1-2H3. The number of hydrogen-bond acceptors (Lipinski definition) is 4. The quantitative estimate of drug-likeness (QED) is 0.541. The average molecular weight is 355 g/mol. The summed E-state index contributed by atoms with van der Waals surface area (Å²) in [4.78, 5) is 27.7. The van der Waals surface area contributed by atoms with E-state index in [9.17, 15) is 14.0 Å². The predicted molar refractivity (Wildman–Crippen MR) is 94.8 cm³/mol. The number of carbonyl (C=O) groups excluding carboxylic acids is 2. The number of aromatic nitrogens is 1. The van der Waals surface area contributed by atoms with Crippen molar-refractivity contribution < 1.29 is 23.5 Å². The maximum atomic E-state index is 13.7. The lowest BCUT2D eigenvalue weighted by Crippen LogP contribution is -2.25. The minimum absolute atomic E-state index is 0.102. The molecule has 0 amide bonds. The van der Waals surface area contributed by atoms with Gasteiger partial charge in [-0.05, 0) is 30.7 Å². The molecule has 1 N–H and O–H groups in total. The first-order chi connectivity index (χ1) is 12.5. The van der Waals surface area contributed by atoms with Crippen LogP contribution in [-0.4, -0.2) is 30.0 Å². The second kappa shape index (κ2) is 7.39. The molecule has 0 aliphatic heterocycles. The number of Topliss-reactive ketones (excluding diaryl/α,β-unsaturated/α-hetero) is 1. The number of rotatable bonds is 6. The highest BCUT2D eigenvalue weighted by molar-refractivity contribution is 6.10. The lowest BCUT2D eigenvalue weighted by Gasteiger charge is -2.12. The molecule has 0 bridgehead atoms. The highest BCUT2D eigenvalue weighted by Gasteiger charge is 2.22. The summed E-state index contributed by atoms with van der Waals surface area (Å²) in [5.41, 5.74) is 1.75. The zero-order chi connectivity index (χ0) is 18.7. The summed E-state index contributed by atoms with van der Waals surface area (Å²) in [6, 6.07) is 11.6. The van der Waals surface area contributed by atoms with Crippen LogP contribution in [0.25, 0.3) is 10.9 Å². The highest BCUT2D eigenvalue weighted by Crippen LogP contribution is 2.21. The Labute approximate surface area is 149 Å². The Morgan fingerprint density at radius 3 is 2.69 bits per heavy atom. The first-order valence-electron chi connectivity index (χ1n) is 8.12. The molecule has 5 nitrogen and oxygen atoms in total. The molecule has 0 saturated carbocycles. The van der Waals surface area contributed by atoms with Gasteiger partial charge in [0, 0.05) is 22.7 Å². The van der Waals surface area contributed by atoms with E-state index in [1.165, 1.54) is 26.2 Å². The number of aromatic amines is 1. The van der Waals surface area contributed by atoms with Gasteiger partial charge in [-0.2, -0.15) is 0 Å². The lowest BCUT2D eigenvalue weighted by molar-refractivity contribution is -0.145. The van der Waals surface area contributed by atoms with Crippen molar-refractivity contribution in [2.75, 3.05) is 7.11 Å². The van der Waals surface area contributed by atoms with Crippen LogP contribution in [0.15, 0.2) is 48.7 Å². The fourth-order valence-corrected chi connectivity index (χ4v) is 2.77. The predicted octanol–water partition coefficient (Wildman–Crippen LogP) is 3.67. The number of halogens is 1. The molecular formula is C20H18FNO4. The largest absolute Gasteiger partial charge is 0.494 e. The van der Waals surface area contributed by atoms with Gasteiger partial charge in [0.1, 0.15) is 0 Å². The van der Waals surface area contributed by atoms with Gasteiger partial charge >= 0.3 is 5.97 Å². The Kier molecular flexibility index (Phi) is 5.02. The van der Waals surface area contributed by atoms with E-state index in [0.717, 1.165) is 10.9 Å². The molecule has 0 aliphatic carbocycles. The third kappa shape index (κ3) is 3.59. The zero-order valence-electron chi connectivity index (χ0n) is 14.4. The summed E-state index contributed by atoms with van der Waals surface area (Å²) in [6.07, 6.45) is 0.535. The molecule has 6 heteroatoms. The Bertz CT molecular complexity index is 963. The van der Waals surface area contributed by atoms with E-state index in [1.807, 2.05) is 24.3 Å². The van der Waals surface area contributed by atoms with Gasteiger partial charge in [0.05, 0.1) is 13.5 Å². The number of hydrogen-bond donors (Lipinski definition) is 1. The van der Waals surface area contributed by atoms with Gasteiger partial charge in [-0.25, -0.2) is 4.39 Å². The smallest absolute Gasteiger partial charge is 0.310 e. The van der Waals surface area contributed by atoms with Crippen LogP contribution in [0.1, 0.15) is 22.8 Å². The first kappa shape index (κ1) is 17.7. The molecule has 1 aromatic heterocycles. The molecule has 0 spiro atoms. The molecular weight excluding hydrogens is 337 g/mol. The monoisotopic (exact) mass is 355 g/mol. The molecule has 134 valence electrons. The first-order valence-corrected chi connectivity index (χ1v) is 8.12. The number of H-pyrrole nitrogens is 1. The number of para-hydroxylation sites is 1. The van der Waals surface area contributed by atoms with Crippen LogP contribution in [0, 0.1) is 5.82 Å². The molecule has 1 unspecified atom stereocenters. The van der Waals surface area contributed by atoms with E-state index in [1.54, 1.807) is 12.3 Å². The highest BCUT2D eigenvalue weighted by atomic mass is 19.1. The fraction of sp³-hybridized carbons (Fsp3) is 0.200. The SMILES string of the molecule is COc1ccc(CC(=O)OC(C)C(=O)c2c[nH]c3ccccc23)cc1F. The number of ketones is 1. The van der Waals surface area contributed by atoms with Gasteiger partial charge in [0.25, 0.3) is 0 Å². The second-order valence-corrected chi connectivity index (χ2v) is 5.89. The van der Waals surface area contributed by atoms with Crippen molar-refractivity contribution in [3.8, 4) is 5.75 Å². The Morgan fingerprint density at radius 2 is 1.96 bits per heavy atom. The maximum Gasteiger partial charge on any atom is 0.310 e. The van der Waals surface area contributed by atoms with E-state index < -0.39 is 17.9 Å². The fourth-order valence-electron chi connectivity index (χ4n) is 2.77. The number of benzene rings is 2. The topological polar surface area (TPSA) is 68.4 Å².